The molecule has 0 bridgehead atoms. The van der Waals surface area contributed by atoms with Crippen LogP contribution in [0.25, 0.3) is 0 Å². The fraction of sp³-hybridized carbons (Fsp3) is 0.105. The van der Waals surface area contributed by atoms with Gasteiger partial charge in [0.15, 0.2) is 0 Å². The average molecular weight is 351 g/mol. The van der Waals surface area contributed by atoms with Crippen LogP contribution in [0.1, 0.15) is 17.3 Å². The van der Waals surface area contributed by atoms with E-state index in [2.05, 4.69) is 10.6 Å². The molecule has 7 nitrogen and oxygen atoms in total. The highest BCUT2D eigenvalue weighted by Gasteiger charge is 2.16. The number of rotatable bonds is 6. The molecule has 0 heterocycles. The molecule has 26 heavy (non-hydrogen) atoms. The van der Waals surface area contributed by atoms with E-state index in [1.54, 1.807) is 43.3 Å². The van der Waals surface area contributed by atoms with Crippen molar-refractivity contribution < 1.29 is 19.4 Å². The summed E-state index contributed by atoms with van der Waals surface area (Å²) < 4.78 is 4.95. The smallest absolute Gasteiger partial charge is 0.340 e. The van der Waals surface area contributed by atoms with Crippen LogP contribution in [0.5, 0.6) is 5.75 Å². The number of nitriles is 1. The van der Waals surface area contributed by atoms with Crippen molar-refractivity contribution in [2.75, 3.05) is 17.2 Å². The third-order valence-electron chi connectivity index (χ3n) is 3.27. The third-order valence-corrected chi connectivity index (χ3v) is 3.27. The van der Waals surface area contributed by atoms with E-state index in [0.717, 1.165) is 0 Å². The number of esters is 1. The molecule has 0 radical (unpaired) electrons. The monoisotopic (exact) mass is 351 g/mol. The van der Waals surface area contributed by atoms with Gasteiger partial charge in [0.2, 0.25) is 0 Å². The van der Waals surface area contributed by atoms with Crippen LogP contribution >= 0.6 is 0 Å². The molecule has 0 aliphatic rings. The minimum absolute atomic E-state index is 0.0507. The largest absolute Gasteiger partial charge is 0.508 e. The van der Waals surface area contributed by atoms with Gasteiger partial charge in [-0.25, -0.2) is 4.79 Å². The number of benzene rings is 2. The summed E-state index contributed by atoms with van der Waals surface area (Å²) in [5.74, 6) is -1.20. The van der Waals surface area contributed by atoms with Crippen LogP contribution in [0.15, 0.2) is 60.3 Å². The number of anilines is 2. The summed E-state index contributed by atoms with van der Waals surface area (Å²) in [5, 5.41) is 23.9. The molecule has 0 saturated carbocycles. The van der Waals surface area contributed by atoms with Crippen LogP contribution in [0.4, 0.5) is 11.4 Å². The van der Waals surface area contributed by atoms with Crippen molar-refractivity contribution in [2.24, 2.45) is 0 Å². The Balaban J connectivity index is 2.16. The molecule has 0 fully saturated rings. The molecular formula is C19H17N3O4. The lowest BCUT2D eigenvalue weighted by molar-refractivity contribution is -0.112. The van der Waals surface area contributed by atoms with Gasteiger partial charge < -0.3 is 20.5 Å². The second-order valence-corrected chi connectivity index (χ2v) is 5.08. The van der Waals surface area contributed by atoms with Gasteiger partial charge in [0.1, 0.15) is 17.4 Å². The molecule has 7 heteroatoms. The van der Waals surface area contributed by atoms with E-state index in [-0.39, 0.29) is 29.2 Å². The lowest BCUT2D eigenvalue weighted by Gasteiger charge is -2.10. The molecule has 0 aliphatic carbocycles. The molecule has 0 atom stereocenters. The number of nitrogens with zero attached hydrogens (tertiary/aromatic N) is 1. The second kappa shape index (κ2) is 8.89. The zero-order valence-corrected chi connectivity index (χ0v) is 14.0. The summed E-state index contributed by atoms with van der Waals surface area (Å²) in [4.78, 5) is 24.3. The predicted molar refractivity (Wildman–Crippen MR) is 96.5 cm³/mol. The number of hydrogen-bond donors (Lipinski definition) is 3. The first-order valence-corrected chi connectivity index (χ1v) is 7.78. The van der Waals surface area contributed by atoms with Gasteiger partial charge in [-0.3, -0.25) is 4.79 Å². The summed E-state index contributed by atoms with van der Waals surface area (Å²) >= 11 is 0. The first kappa shape index (κ1) is 18.5. The molecule has 132 valence electrons. The number of phenols is 1. The molecule has 0 aliphatic heterocycles. The molecule has 2 aromatic carbocycles. The van der Waals surface area contributed by atoms with Crippen LogP contribution in [-0.4, -0.2) is 23.6 Å². The Hall–Kier alpha value is -3.79. The van der Waals surface area contributed by atoms with Crippen molar-refractivity contribution in [2.45, 2.75) is 6.92 Å². The Bertz CT molecular complexity index is 884. The van der Waals surface area contributed by atoms with Crippen molar-refractivity contribution in [3.8, 4) is 11.8 Å². The lowest BCUT2D eigenvalue weighted by atomic mass is 10.1. The Morgan fingerprint density at radius 1 is 1.23 bits per heavy atom. The highest BCUT2D eigenvalue weighted by molar-refractivity contribution is 6.09. The molecule has 0 saturated heterocycles. The number of aromatic hydroxyl groups is 1. The number of nitrogens with one attached hydrogen (secondary N) is 2. The van der Waals surface area contributed by atoms with Gasteiger partial charge in [0.05, 0.1) is 17.9 Å². The molecule has 0 aromatic heterocycles. The summed E-state index contributed by atoms with van der Waals surface area (Å²) in [7, 11) is 0. The Morgan fingerprint density at radius 3 is 2.69 bits per heavy atom. The fourth-order valence-corrected chi connectivity index (χ4v) is 2.07. The molecule has 0 unspecified atom stereocenters. The van der Waals surface area contributed by atoms with E-state index >= 15 is 0 Å². The summed E-state index contributed by atoms with van der Waals surface area (Å²) in [6, 6.07) is 14.4. The van der Waals surface area contributed by atoms with E-state index in [1.807, 2.05) is 0 Å². The van der Waals surface area contributed by atoms with E-state index in [9.17, 15) is 20.0 Å². The first-order chi connectivity index (χ1) is 12.5. The van der Waals surface area contributed by atoms with Crippen molar-refractivity contribution >= 4 is 23.3 Å². The van der Waals surface area contributed by atoms with E-state index < -0.39 is 11.9 Å². The van der Waals surface area contributed by atoms with Gasteiger partial charge in [0, 0.05) is 18.0 Å². The van der Waals surface area contributed by atoms with Gasteiger partial charge >= 0.3 is 5.97 Å². The average Bonchev–Trinajstić information content (AvgIpc) is 2.63. The quantitative estimate of drug-likeness (QED) is 0.419. The van der Waals surface area contributed by atoms with E-state index in [4.69, 9.17) is 4.74 Å². The van der Waals surface area contributed by atoms with Crippen molar-refractivity contribution in [3.05, 3.63) is 65.9 Å². The number of amides is 1. The minimum Gasteiger partial charge on any atom is -0.508 e. The van der Waals surface area contributed by atoms with Gasteiger partial charge in [-0.05, 0) is 31.2 Å². The number of hydrogen-bond acceptors (Lipinski definition) is 6. The molecule has 2 rings (SSSR count). The number of carbonyl (C=O) groups excluding carboxylic acids is 2. The number of ether oxygens (including phenoxy) is 1. The van der Waals surface area contributed by atoms with Crippen LogP contribution in [0.2, 0.25) is 0 Å². The van der Waals surface area contributed by atoms with Crippen molar-refractivity contribution in [1.29, 1.82) is 5.26 Å². The SMILES string of the molecule is CCOC(=O)c1ccccc1NC(=O)/C(C#N)=C\Nc1cccc(O)c1. The maximum atomic E-state index is 12.3. The maximum Gasteiger partial charge on any atom is 0.340 e. The van der Waals surface area contributed by atoms with Crippen LogP contribution in [0, 0.1) is 11.3 Å². The third kappa shape index (κ3) is 4.85. The highest BCUT2D eigenvalue weighted by Crippen LogP contribution is 2.18. The van der Waals surface area contributed by atoms with Crippen molar-refractivity contribution in [1.82, 2.24) is 0 Å². The minimum atomic E-state index is -0.683. The van der Waals surface area contributed by atoms with Crippen LogP contribution in [-0.2, 0) is 9.53 Å². The lowest BCUT2D eigenvalue weighted by Crippen LogP contribution is -2.17. The Labute approximate surface area is 150 Å². The number of carbonyl (C=O) groups is 2. The molecule has 2 aromatic rings. The van der Waals surface area contributed by atoms with Gasteiger partial charge in [0.25, 0.3) is 5.91 Å². The van der Waals surface area contributed by atoms with Crippen LogP contribution < -0.4 is 10.6 Å². The van der Waals surface area contributed by atoms with Crippen molar-refractivity contribution in [3.63, 3.8) is 0 Å². The fourth-order valence-electron chi connectivity index (χ4n) is 2.07. The maximum absolute atomic E-state index is 12.3. The zero-order chi connectivity index (χ0) is 18.9. The van der Waals surface area contributed by atoms with Gasteiger partial charge in [-0.2, -0.15) is 5.26 Å². The number of phenolic OH excluding ortho intramolecular Hbond substituents is 1. The highest BCUT2D eigenvalue weighted by atomic mass is 16.5. The summed E-state index contributed by atoms with van der Waals surface area (Å²) in [5.41, 5.74) is 0.750. The van der Waals surface area contributed by atoms with E-state index in [1.165, 1.54) is 24.4 Å². The second-order valence-electron chi connectivity index (χ2n) is 5.08. The van der Waals surface area contributed by atoms with E-state index in [0.29, 0.717) is 5.69 Å². The first-order valence-electron chi connectivity index (χ1n) is 7.78. The molecule has 3 N–H and O–H groups in total. The van der Waals surface area contributed by atoms with Crippen LogP contribution in [0.3, 0.4) is 0 Å². The molecule has 0 spiro atoms. The van der Waals surface area contributed by atoms with Gasteiger partial charge in [-0.1, -0.05) is 18.2 Å². The Morgan fingerprint density at radius 2 is 2.00 bits per heavy atom. The normalized spacial score (nSPS) is 10.5. The number of para-hydroxylation sites is 1. The Kier molecular flexibility index (Phi) is 6.34. The standard InChI is InChI=1S/C19H17N3O4/c1-2-26-19(25)16-8-3-4-9-17(16)22-18(24)13(11-20)12-21-14-6-5-7-15(23)10-14/h3-10,12,21,23H,2H2,1H3,(H,22,24)/b13-12-. The zero-order valence-electron chi connectivity index (χ0n) is 14.0. The molecule has 1 amide bonds. The topological polar surface area (TPSA) is 111 Å². The molecular weight excluding hydrogens is 334 g/mol. The van der Waals surface area contributed by atoms with Gasteiger partial charge in [-0.15, -0.1) is 0 Å². The summed E-state index contributed by atoms with van der Waals surface area (Å²) in [6.07, 6.45) is 1.22. The predicted octanol–water partition coefficient (Wildman–Crippen LogP) is 3.03. The summed E-state index contributed by atoms with van der Waals surface area (Å²) in [6.45, 7) is 1.89.